The highest BCUT2D eigenvalue weighted by Gasteiger charge is 2.46. The summed E-state index contributed by atoms with van der Waals surface area (Å²) in [4.78, 5) is 0. The Hall–Kier alpha value is -1.28. The van der Waals surface area contributed by atoms with Crippen LogP contribution in [0.2, 0.25) is 0 Å². The Morgan fingerprint density at radius 1 is 1.40 bits per heavy atom. The van der Waals surface area contributed by atoms with Gasteiger partial charge in [0.1, 0.15) is 5.75 Å². The van der Waals surface area contributed by atoms with E-state index in [1.165, 1.54) is 11.1 Å². The van der Waals surface area contributed by atoms with Gasteiger partial charge in [0.25, 0.3) is 0 Å². The molecule has 0 bridgehead atoms. The van der Waals surface area contributed by atoms with Gasteiger partial charge in [0.05, 0.1) is 18.8 Å². The van der Waals surface area contributed by atoms with Crippen LogP contribution in [0.3, 0.4) is 0 Å². The highest BCUT2D eigenvalue weighted by atomic mass is 16.6. The minimum atomic E-state index is 0.126. The molecule has 1 aliphatic heterocycles. The van der Waals surface area contributed by atoms with E-state index in [0.717, 1.165) is 31.4 Å². The first kappa shape index (κ1) is 15.1. The van der Waals surface area contributed by atoms with Gasteiger partial charge in [0, 0.05) is 0 Å². The minimum Gasteiger partial charge on any atom is -0.497 e. The number of aryl methyl sites for hydroxylation is 1. The lowest BCUT2D eigenvalue weighted by molar-refractivity contribution is 0.320. The summed E-state index contributed by atoms with van der Waals surface area (Å²) in [6.07, 6.45) is 7.27. The largest absolute Gasteiger partial charge is 0.497 e. The van der Waals surface area contributed by atoms with E-state index < -0.39 is 0 Å². The Bertz CT molecular complexity index is 474. The molecule has 0 unspecified atom stereocenters. The second-order valence-electron chi connectivity index (χ2n) is 6.19. The molecular weight excluding hydrogens is 248 g/mol. The Morgan fingerprint density at radius 2 is 2.15 bits per heavy atom. The molecule has 1 aromatic rings. The van der Waals surface area contributed by atoms with E-state index >= 15 is 0 Å². The van der Waals surface area contributed by atoms with Gasteiger partial charge in [0.2, 0.25) is 0 Å². The predicted octanol–water partition coefficient (Wildman–Crippen LogP) is 4.53. The molecule has 110 valence electrons. The molecule has 0 aromatic heterocycles. The molecule has 1 fully saturated rings. The number of hydrogen-bond acceptors (Lipinski definition) is 2. The van der Waals surface area contributed by atoms with Gasteiger partial charge in [-0.1, -0.05) is 23.8 Å². The molecule has 2 nitrogen and oxygen atoms in total. The van der Waals surface area contributed by atoms with E-state index in [-0.39, 0.29) is 5.60 Å². The number of rotatable bonds is 7. The molecular formula is C18H26O2. The first-order valence-electron chi connectivity index (χ1n) is 7.47. The third-order valence-electron chi connectivity index (χ3n) is 4.02. The van der Waals surface area contributed by atoms with Crippen molar-refractivity contribution in [1.82, 2.24) is 0 Å². The molecule has 20 heavy (non-hydrogen) atoms. The number of ether oxygens (including phenoxy) is 2. The summed E-state index contributed by atoms with van der Waals surface area (Å²) in [7, 11) is 1.71. The Labute approximate surface area is 122 Å². The standard InChI is InChI=1S/C18H26O2/c1-14(11-12-17-18(2,3)20-17)7-5-8-15-9-6-10-16(13-15)19-4/h6-7,9-10,13,17H,5,8,11-12H2,1-4H3/t17-/m1/s1. The number of allylic oxidation sites excluding steroid dienone is 2. The summed E-state index contributed by atoms with van der Waals surface area (Å²) in [5.41, 5.74) is 2.93. The van der Waals surface area contributed by atoms with Gasteiger partial charge in [-0.15, -0.1) is 0 Å². The van der Waals surface area contributed by atoms with Crippen LogP contribution in [0, 0.1) is 0 Å². The normalized spacial score (nSPS) is 20.8. The van der Waals surface area contributed by atoms with E-state index in [2.05, 4.69) is 45.0 Å². The fourth-order valence-corrected chi connectivity index (χ4v) is 2.51. The Kier molecular flexibility index (Phi) is 4.87. The van der Waals surface area contributed by atoms with Gasteiger partial charge in [-0.05, 0) is 64.2 Å². The lowest BCUT2D eigenvalue weighted by atomic mass is 10.0. The first-order chi connectivity index (χ1) is 9.51. The predicted molar refractivity (Wildman–Crippen MR) is 83.3 cm³/mol. The van der Waals surface area contributed by atoms with Crippen molar-refractivity contribution in [3.63, 3.8) is 0 Å². The van der Waals surface area contributed by atoms with Crippen LogP contribution < -0.4 is 4.74 Å². The van der Waals surface area contributed by atoms with Crippen molar-refractivity contribution in [2.75, 3.05) is 7.11 Å². The molecule has 1 heterocycles. The molecule has 0 spiro atoms. The van der Waals surface area contributed by atoms with Crippen LogP contribution >= 0.6 is 0 Å². The second-order valence-corrected chi connectivity index (χ2v) is 6.19. The number of benzene rings is 1. The SMILES string of the molecule is COc1cccc(CCC=C(C)CC[C@H]2OC2(C)C)c1. The highest BCUT2D eigenvalue weighted by molar-refractivity contribution is 5.28. The van der Waals surface area contributed by atoms with Gasteiger partial charge in [-0.25, -0.2) is 0 Å². The molecule has 1 aromatic carbocycles. The molecule has 0 N–H and O–H groups in total. The lowest BCUT2D eigenvalue weighted by Gasteiger charge is -2.04. The van der Waals surface area contributed by atoms with Crippen LogP contribution in [-0.2, 0) is 11.2 Å². The molecule has 0 radical (unpaired) electrons. The summed E-state index contributed by atoms with van der Waals surface area (Å²) in [5, 5.41) is 0. The highest BCUT2D eigenvalue weighted by Crippen LogP contribution is 2.38. The second kappa shape index (κ2) is 6.45. The summed E-state index contributed by atoms with van der Waals surface area (Å²) in [5.74, 6) is 0.941. The summed E-state index contributed by atoms with van der Waals surface area (Å²) >= 11 is 0. The van der Waals surface area contributed by atoms with E-state index in [0.29, 0.717) is 6.10 Å². The van der Waals surface area contributed by atoms with Gasteiger partial charge in [-0.2, -0.15) is 0 Å². The van der Waals surface area contributed by atoms with Crippen LogP contribution in [0.4, 0.5) is 0 Å². The molecule has 2 heteroatoms. The molecule has 0 saturated carbocycles. The van der Waals surface area contributed by atoms with Crippen LogP contribution in [0.15, 0.2) is 35.9 Å². The van der Waals surface area contributed by atoms with Crippen molar-refractivity contribution in [3.05, 3.63) is 41.5 Å². The lowest BCUT2D eigenvalue weighted by Crippen LogP contribution is -2.02. The average molecular weight is 274 g/mol. The fraction of sp³-hybridized carbons (Fsp3) is 0.556. The zero-order valence-corrected chi connectivity index (χ0v) is 13.1. The maximum absolute atomic E-state index is 5.61. The van der Waals surface area contributed by atoms with Crippen LogP contribution in [-0.4, -0.2) is 18.8 Å². The molecule has 2 rings (SSSR count). The maximum atomic E-state index is 5.61. The third kappa shape index (κ3) is 4.38. The smallest absolute Gasteiger partial charge is 0.119 e. The zero-order valence-electron chi connectivity index (χ0n) is 13.1. The van der Waals surface area contributed by atoms with Gasteiger partial charge in [0.15, 0.2) is 0 Å². The van der Waals surface area contributed by atoms with Crippen molar-refractivity contribution >= 4 is 0 Å². The van der Waals surface area contributed by atoms with Crippen LogP contribution in [0.1, 0.15) is 45.6 Å². The Balaban J connectivity index is 1.72. The van der Waals surface area contributed by atoms with Crippen LogP contribution in [0.25, 0.3) is 0 Å². The quantitative estimate of drug-likeness (QED) is 0.538. The first-order valence-corrected chi connectivity index (χ1v) is 7.47. The molecule has 0 amide bonds. The molecule has 1 saturated heterocycles. The monoisotopic (exact) mass is 274 g/mol. The van der Waals surface area contributed by atoms with Gasteiger partial charge >= 0.3 is 0 Å². The topological polar surface area (TPSA) is 21.8 Å². The summed E-state index contributed by atoms with van der Waals surface area (Å²) < 4.78 is 10.9. The van der Waals surface area contributed by atoms with Crippen molar-refractivity contribution in [2.24, 2.45) is 0 Å². The molecule has 1 aliphatic rings. The summed E-state index contributed by atoms with van der Waals surface area (Å²) in [6.45, 7) is 6.56. The van der Waals surface area contributed by atoms with E-state index in [4.69, 9.17) is 9.47 Å². The Morgan fingerprint density at radius 3 is 2.80 bits per heavy atom. The van der Waals surface area contributed by atoms with Crippen molar-refractivity contribution in [3.8, 4) is 5.75 Å². The van der Waals surface area contributed by atoms with E-state index in [1.807, 2.05) is 6.07 Å². The van der Waals surface area contributed by atoms with E-state index in [9.17, 15) is 0 Å². The number of epoxide rings is 1. The van der Waals surface area contributed by atoms with Crippen molar-refractivity contribution in [1.29, 1.82) is 0 Å². The maximum Gasteiger partial charge on any atom is 0.119 e. The third-order valence-corrected chi connectivity index (χ3v) is 4.02. The number of methoxy groups -OCH3 is 1. The molecule has 1 atom stereocenters. The summed E-state index contributed by atoms with van der Waals surface area (Å²) in [6, 6.07) is 8.31. The van der Waals surface area contributed by atoms with Gasteiger partial charge < -0.3 is 9.47 Å². The average Bonchev–Trinajstić information content (AvgIpc) is 3.04. The zero-order chi connectivity index (χ0) is 14.6. The fourth-order valence-electron chi connectivity index (χ4n) is 2.51. The van der Waals surface area contributed by atoms with Crippen molar-refractivity contribution in [2.45, 2.75) is 58.2 Å². The number of hydrogen-bond donors (Lipinski definition) is 0. The van der Waals surface area contributed by atoms with Crippen molar-refractivity contribution < 1.29 is 9.47 Å². The minimum absolute atomic E-state index is 0.126. The van der Waals surface area contributed by atoms with Crippen LogP contribution in [0.5, 0.6) is 5.75 Å². The van der Waals surface area contributed by atoms with Gasteiger partial charge in [-0.3, -0.25) is 0 Å². The van der Waals surface area contributed by atoms with E-state index in [1.54, 1.807) is 7.11 Å². The molecule has 0 aliphatic carbocycles.